The molecule has 1 N–H and O–H groups in total. The zero-order valence-electron chi connectivity index (χ0n) is 10.8. The number of hydrogen-bond donors (Lipinski definition) is 1. The molecule has 4 rings (SSSR count). The SMILES string of the molecule is Cc1ccc(Nc2nc3nonc3n3cnnc23)cc1Cl. The van der Waals surface area contributed by atoms with Crippen molar-refractivity contribution in [1.29, 1.82) is 0 Å². The number of aryl methyl sites for hydroxylation is 1. The van der Waals surface area contributed by atoms with Gasteiger partial charge in [0, 0.05) is 10.7 Å². The number of fused-ring (bicyclic) bond motifs is 3. The molecule has 0 radical (unpaired) electrons. The van der Waals surface area contributed by atoms with Gasteiger partial charge >= 0.3 is 0 Å². The van der Waals surface area contributed by atoms with Crippen LogP contribution in [0.15, 0.2) is 29.2 Å². The van der Waals surface area contributed by atoms with Crippen LogP contribution in [0.5, 0.6) is 0 Å². The average molecular weight is 302 g/mol. The first-order valence-electron chi connectivity index (χ1n) is 6.07. The second-order valence-corrected chi connectivity index (χ2v) is 4.89. The van der Waals surface area contributed by atoms with Crippen molar-refractivity contribution in [2.24, 2.45) is 0 Å². The van der Waals surface area contributed by atoms with E-state index in [1.807, 2.05) is 25.1 Å². The van der Waals surface area contributed by atoms with Crippen LogP contribution in [-0.2, 0) is 0 Å². The van der Waals surface area contributed by atoms with E-state index >= 15 is 0 Å². The minimum Gasteiger partial charge on any atom is -0.337 e. The average Bonchev–Trinajstić information content (AvgIpc) is 3.10. The van der Waals surface area contributed by atoms with Crippen LogP contribution in [-0.4, -0.2) is 29.9 Å². The first-order valence-corrected chi connectivity index (χ1v) is 6.45. The lowest BCUT2D eigenvalue weighted by molar-refractivity contribution is 0.314. The third kappa shape index (κ3) is 1.88. The summed E-state index contributed by atoms with van der Waals surface area (Å²) in [6, 6.07) is 5.64. The Bertz CT molecular complexity index is 961. The van der Waals surface area contributed by atoms with E-state index in [0.717, 1.165) is 11.3 Å². The number of rotatable bonds is 2. The molecule has 0 bridgehead atoms. The van der Waals surface area contributed by atoms with Crippen LogP contribution in [0.1, 0.15) is 5.56 Å². The molecular formula is C12H8ClN7O. The van der Waals surface area contributed by atoms with Crippen LogP contribution in [0.25, 0.3) is 16.9 Å². The molecule has 0 unspecified atom stereocenters. The molecule has 3 aromatic heterocycles. The molecule has 9 heteroatoms. The highest BCUT2D eigenvalue weighted by Crippen LogP contribution is 2.25. The second-order valence-electron chi connectivity index (χ2n) is 4.49. The Balaban J connectivity index is 1.87. The smallest absolute Gasteiger partial charge is 0.244 e. The molecule has 4 aromatic rings. The van der Waals surface area contributed by atoms with E-state index < -0.39 is 0 Å². The molecule has 0 aliphatic heterocycles. The Hall–Kier alpha value is -2.74. The van der Waals surface area contributed by atoms with E-state index in [-0.39, 0.29) is 0 Å². The number of nitrogens with one attached hydrogen (secondary N) is 1. The van der Waals surface area contributed by atoms with Gasteiger partial charge < -0.3 is 5.32 Å². The summed E-state index contributed by atoms with van der Waals surface area (Å²) in [6.45, 7) is 1.94. The van der Waals surface area contributed by atoms with Crippen molar-refractivity contribution in [3.8, 4) is 0 Å². The number of benzene rings is 1. The number of anilines is 2. The maximum absolute atomic E-state index is 6.12. The molecule has 3 heterocycles. The Morgan fingerprint density at radius 2 is 2.14 bits per heavy atom. The molecule has 1 aromatic carbocycles. The summed E-state index contributed by atoms with van der Waals surface area (Å²) in [5, 5.41) is 19.2. The molecular weight excluding hydrogens is 294 g/mol. The van der Waals surface area contributed by atoms with E-state index in [2.05, 4.69) is 30.8 Å². The zero-order valence-corrected chi connectivity index (χ0v) is 11.5. The van der Waals surface area contributed by atoms with Crippen molar-refractivity contribution in [3.05, 3.63) is 35.1 Å². The lowest BCUT2D eigenvalue weighted by Gasteiger charge is -2.07. The highest BCUT2D eigenvalue weighted by atomic mass is 35.5. The molecule has 21 heavy (non-hydrogen) atoms. The summed E-state index contributed by atoms with van der Waals surface area (Å²) >= 11 is 6.12. The van der Waals surface area contributed by atoms with E-state index in [9.17, 15) is 0 Å². The number of aromatic nitrogens is 6. The minimum atomic E-state index is 0.364. The topological polar surface area (TPSA) is 94.0 Å². The molecule has 0 saturated carbocycles. The van der Waals surface area contributed by atoms with Crippen LogP contribution < -0.4 is 5.32 Å². The molecule has 0 amide bonds. The summed E-state index contributed by atoms with van der Waals surface area (Å²) in [6.07, 6.45) is 1.52. The Morgan fingerprint density at radius 1 is 1.24 bits per heavy atom. The van der Waals surface area contributed by atoms with Crippen molar-refractivity contribution in [1.82, 2.24) is 29.9 Å². The van der Waals surface area contributed by atoms with Gasteiger partial charge in [-0.1, -0.05) is 17.7 Å². The zero-order chi connectivity index (χ0) is 14.4. The predicted molar refractivity (Wildman–Crippen MR) is 75.6 cm³/mol. The maximum atomic E-state index is 6.12. The normalized spacial score (nSPS) is 11.3. The van der Waals surface area contributed by atoms with Crippen LogP contribution in [0.3, 0.4) is 0 Å². The second kappa shape index (κ2) is 4.38. The lowest BCUT2D eigenvalue weighted by atomic mass is 10.2. The molecule has 0 aliphatic carbocycles. The fraction of sp³-hybridized carbons (Fsp3) is 0.0833. The van der Waals surface area contributed by atoms with Crippen molar-refractivity contribution >= 4 is 40.0 Å². The van der Waals surface area contributed by atoms with Crippen LogP contribution in [0.2, 0.25) is 5.02 Å². The predicted octanol–water partition coefficient (Wildman–Crippen LogP) is 2.37. The summed E-state index contributed by atoms with van der Waals surface area (Å²) in [5.74, 6) is 0.496. The first kappa shape index (κ1) is 12.0. The standard InChI is InChI=1S/C12H8ClN7O/c1-6-2-3-7(4-8(6)13)15-9-11-17-14-5-20(11)12-10(16-9)18-21-19-12/h2-5H,1H3,(H,15,16,18). The largest absolute Gasteiger partial charge is 0.337 e. The van der Waals surface area contributed by atoms with E-state index in [4.69, 9.17) is 16.2 Å². The molecule has 0 aliphatic rings. The quantitative estimate of drug-likeness (QED) is 0.607. The highest BCUT2D eigenvalue weighted by molar-refractivity contribution is 6.31. The van der Waals surface area contributed by atoms with Crippen molar-refractivity contribution < 1.29 is 4.63 Å². The Labute approximate surface area is 122 Å². The molecule has 0 fully saturated rings. The van der Waals surface area contributed by atoms with Crippen LogP contribution in [0, 0.1) is 6.92 Å². The van der Waals surface area contributed by atoms with Crippen LogP contribution >= 0.6 is 11.6 Å². The molecule has 104 valence electrons. The summed E-state index contributed by atoms with van der Waals surface area (Å²) < 4.78 is 6.34. The molecule has 0 atom stereocenters. The number of hydrogen-bond acceptors (Lipinski definition) is 7. The molecule has 0 spiro atoms. The monoisotopic (exact) mass is 301 g/mol. The third-order valence-corrected chi connectivity index (χ3v) is 3.50. The first-order chi connectivity index (χ1) is 10.2. The van der Waals surface area contributed by atoms with E-state index in [1.54, 1.807) is 4.40 Å². The van der Waals surface area contributed by atoms with Crippen molar-refractivity contribution in [3.63, 3.8) is 0 Å². The Morgan fingerprint density at radius 3 is 3.00 bits per heavy atom. The summed E-state index contributed by atoms with van der Waals surface area (Å²) in [7, 11) is 0. The lowest BCUT2D eigenvalue weighted by Crippen LogP contribution is -2.00. The number of halogens is 1. The van der Waals surface area contributed by atoms with Crippen molar-refractivity contribution in [2.75, 3.05) is 5.32 Å². The van der Waals surface area contributed by atoms with Gasteiger partial charge in [0.1, 0.15) is 6.33 Å². The fourth-order valence-corrected chi connectivity index (χ4v) is 2.18. The van der Waals surface area contributed by atoms with Gasteiger partial charge in [-0.25, -0.2) is 9.61 Å². The maximum Gasteiger partial charge on any atom is 0.244 e. The van der Waals surface area contributed by atoms with Gasteiger partial charge in [-0.05, 0) is 34.9 Å². The Kier molecular flexibility index (Phi) is 2.51. The van der Waals surface area contributed by atoms with Crippen LogP contribution in [0.4, 0.5) is 11.5 Å². The van der Waals surface area contributed by atoms with Crippen molar-refractivity contribution in [2.45, 2.75) is 6.92 Å². The van der Waals surface area contributed by atoms with Gasteiger partial charge in [0.25, 0.3) is 0 Å². The van der Waals surface area contributed by atoms with Gasteiger partial charge in [-0.3, -0.25) is 4.40 Å². The van der Waals surface area contributed by atoms with E-state index in [0.29, 0.717) is 27.8 Å². The molecule has 8 nitrogen and oxygen atoms in total. The summed E-state index contributed by atoms with van der Waals surface area (Å²) in [5.41, 5.74) is 3.14. The minimum absolute atomic E-state index is 0.364. The van der Waals surface area contributed by atoms with E-state index in [1.165, 1.54) is 6.33 Å². The van der Waals surface area contributed by atoms with Gasteiger partial charge in [0.15, 0.2) is 5.82 Å². The highest BCUT2D eigenvalue weighted by Gasteiger charge is 2.14. The van der Waals surface area contributed by atoms with Gasteiger partial charge in [-0.15, -0.1) is 10.2 Å². The number of nitrogens with zero attached hydrogens (tertiary/aromatic N) is 6. The van der Waals surface area contributed by atoms with Gasteiger partial charge in [0.05, 0.1) is 0 Å². The van der Waals surface area contributed by atoms with Gasteiger partial charge in [0.2, 0.25) is 16.9 Å². The molecule has 0 saturated heterocycles. The third-order valence-electron chi connectivity index (χ3n) is 3.09. The summed E-state index contributed by atoms with van der Waals surface area (Å²) in [4.78, 5) is 4.34. The van der Waals surface area contributed by atoms with Gasteiger partial charge in [-0.2, -0.15) is 0 Å². The fourth-order valence-electron chi connectivity index (χ4n) is 2.00.